The predicted octanol–water partition coefficient (Wildman–Crippen LogP) is 3.49. The maximum absolute atomic E-state index is 11.4. The zero-order chi connectivity index (χ0) is 16.5. The maximum atomic E-state index is 11.4. The van der Waals surface area contributed by atoms with E-state index in [-0.39, 0.29) is 41.9 Å². The Labute approximate surface area is 164 Å². The van der Waals surface area contributed by atoms with Gasteiger partial charge in [0.25, 0.3) is 0 Å². The molecule has 0 saturated heterocycles. The van der Waals surface area contributed by atoms with Gasteiger partial charge < -0.3 is 16.4 Å². The minimum absolute atomic E-state index is 0. The summed E-state index contributed by atoms with van der Waals surface area (Å²) in [5.41, 5.74) is 6.70. The second-order valence-electron chi connectivity index (χ2n) is 4.90. The molecule has 1 amide bonds. The summed E-state index contributed by atoms with van der Waals surface area (Å²) in [5, 5.41) is 6.98. The van der Waals surface area contributed by atoms with Crippen molar-refractivity contribution < 1.29 is 4.79 Å². The highest BCUT2D eigenvalue weighted by Crippen LogP contribution is 2.25. The van der Waals surface area contributed by atoms with Crippen LogP contribution < -0.4 is 16.4 Å². The molecule has 1 atom stereocenters. The van der Waals surface area contributed by atoms with Gasteiger partial charge in [0.05, 0.1) is 12.6 Å². The number of nitrogens with one attached hydrogen (secondary N) is 2. The topological polar surface area (TPSA) is 79.5 Å². The molecule has 1 rings (SSSR count). The number of halogens is 3. The minimum Gasteiger partial charge on any atom is -0.370 e. The fraction of sp³-hybridized carbons (Fsp3) is 0.467. The normalized spacial score (nSPS) is 12.3. The lowest BCUT2D eigenvalue weighted by Crippen LogP contribution is -2.34. The van der Waals surface area contributed by atoms with Gasteiger partial charge in [-0.3, -0.25) is 9.79 Å². The molecule has 130 valence electrons. The predicted molar refractivity (Wildman–Crippen MR) is 108 cm³/mol. The molecule has 1 aromatic carbocycles. The summed E-state index contributed by atoms with van der Waals surface area (Å²) in [7, 11) is 0. The smallest absolute Gasteiger partial charge is 0.221 e. The van der Waals surface area contributed by atoms with Crippen molar-refractivity contribution in [2.24, 2.45) is 10.7 Å². The SMILES string of the molecule is CCCNC(=O)CCN=C(N)NC(C)c1ccc(Cl)cc1Cl.I. The number of benzene rings is 1. The van der Waals surface area contributed by atoms with Gasteiger partial charge in [-0.05, 0) is 31.0 Å². The number of rotatable bonds is 7. The van der Waals surface area contributed by atoms with E-state index in [2.05, 4.69) is 15.6 Å². The first kappa shape index (κ1) is 22.3. The lowest BCUT2D eigenvalue weighted by atomic mass is 10.1. The summed E-state index contributed by atoms with van der Waals surface area (Å²) in [6.07, 6.45) is 1.23. The first-order chi connectivity index (χ1) is 10.4. The van der Waals surface area contributed by atoms with Gasteiger partial charge in [0.2, 0.25) is 5.91 Å². The fourth-order valence-corrected chi connectivity index (χ4v) is 2.40. The maximum Gasteiger partial charge on any atom is 0.221 e. The van der Waals surface area contributed by atoms with Gasteiger partial charge in [-0.15, -0.1) is 24.0 Å². The quantitative estimate of drug-likeness (QED) is 0.323. The van der Waals surface area contributed by atoms with Crippen molar-refractivity contribution in [3.8, 4) is 0 Å². The lowest BCUT2D eigenvalue weighted by Gasteiger charge is -2.16. The van der Waals surface area contributed by atoms with Crippen LogP contribution in [0.5, 0.6) is 0 Å². The number of guanidine groups is 1. The van der Waals surface area contributed by atoms with Gasteiger partial charge in [0, 0.05) is 23.0 Å². The number of nitrogens with zero attached hydrogens (tertiary/aromatic N) is 1. The molecule has 4 N–H and O–H groups in total. The van der Waals surface area contributed by atoms with Crippen molar-refractivity contribution in [2.75, 3.05) is 13.1 Å². The molecule has 0 radical (unpaired) electrons. The van der Waals surface area contributed by atoms with Crippen LogP contribution in [0.4, 0.5) is 0 Å². The van der Waals surface area contributed by atoms with Crippen molar-refractivity contribution in [3.05, 3.63) is 33.8 Å². The molecule has 0 saturated carbocycles. The van der Waals surface area contributed by atoms with E-state index in [1.54, 1.807) is 12.1 Å². The highest BCUT2D eigenvalue weighted by molar-refractivity contribution is 14.0. The zero-order valence-electron chi connectivity index (χ0n) is 13.2. The molecule has 0 aliphatic rings. The second kappa shape index (κ2) is 11.8. The fourth-order valence-electron chi connectivity index (χ4n) is 1.83. The third kappa shape index (κ3) is 8.62. The number of carbonyl (C=O) groups excluding carboxylic acids is 1. The van der Waals surface area contributed by atoms with Crippen molar-refractivity contribution in [1.29, 1.82) is 0 Å². The lowest BCUT2D eigenvalue weighted by molar-refractivity contribution is -0.120. The molecule has 0 bridgehead atoms. The first-order valence-electron chi connectivity index (χ1n) is 7.22. The van der Waals surface area contributed by atoms with E-state index in [1.807, 2.05) is 19.9 Å². The van der Waals surface area contributed by atoms with E-state index in [9.17, 15) is 4.79 Å². The Morgan fingerprint density at radius 2 is 2.09 bits per heavy atom. The summed E-state index contributed by atoms with van der Waals surface area (Å²) >= 11 is 12.0. The molecule has 1 unspecified atom stereocenters. The summed E-state index contributed by atoms with van der Waals surface area (Å²) in [6, 6.07) is 5.18. The first-order valence-corrected chi connectivity index (χ1v) is 7.97. The molecule has 0 aliphatic heterocycles. The second-order valence-corrected chi connectivity index (χ2v) is 5.74. The van der Waals surface area contributed by atoms with Crippen molar-refractivity contribution in [2.45, 2.75) is 32.7 Å². The van der Waals surface area contributed by atoms with Gasteiger partial charge >= 0.3 is 0 Å². The molecule has 0 aromatic heterocycles. The largest absolute Gasteiger partial charge is 0.370 e. The Hall–Kier alpha value is -0.730. The van der Waals surface area contributed by atoms with Crippen molar-refractivity contribution >= 4 is 59.0 Å². The van der Waals surface area contributed by atoms with E-state index >= 15 is 0 Å². The number of aliphatic imine (C=N–C) groups is 1. The van der Waals surface area contributed by atoms with Gasteiger partial charge in [0.1, 0.15) is 0 Å². The summed E-state index contributed by atoms with van der Waals surface area (Å²) in [5.74, 6) is 0.258. The van der Waals surface area contributed by atoms with Crippen LogP contribution in [0.15, 0.2) is 23.2 Å². The van der Waals surface area contributed by atoms with E-state index in [0.29, 0.717) is 29.6 Å². The standard InChI is InChI=1S/C15H22Cl2N4O.HI/c1-3-7-19-14(22)6-8-20-15(18)21-10(2)12-5-4-11(16)9-13(12)17;/h4-5,9-10H,3,6-8H2,1-2H3,(H,19,22)(H3,18,20,21);1H. The Balaban J connectivity index is 0.00000484. The van der Waals surface area contributed by atoms with Crippen LogP contribution in [-0.4, -0.2) is 25.0 Å². The molecule has 0 aliphatic carbocycles. The highest BCUT2D eigenvalue weighted by atomic mass is 127. The van der Waals surface area contributed by atoms with Crippen molar-refractivity contribution in [1.82, 2.24) is 10.6 Å². The highest BCUT2D eigenvalue weighted by Gasteiger charge is 2.10. The molecule has 8 heteroatoms. The summed E-state index contributed by atoms with van der Waals surface area (Å²) in [4.78, 5) is 15.6. The number of hydrogen-bond donors (Lipinski definition) is 3. The average Bonchev–Trinajstić information content (AvgIpc) is 2.44. The van der Waals surface area contributed by atoms with E-state index in [0.717, 1.165) is 12.0 Å². The van der Waals surface area contributed by atoms with Crippen molar-refractivity contribution in [3.63, 3.8) is 0 Å². The molecule has 0 spiro atoms. The van der Waals surface area contributed by atoms with Crippen LogP contribution in [0.1, 0.15) is 38.3 Å². The molecular weight excluding hydrogens is 450 g/mol. The van der Waals surface area contributed by atoms with Crippen LogP contribution >= 0.6 is 47.2 Å². The molecule has 0 heterocycles. The molecule has 23 heavy (non-hydrogen) atoms. The van der Waals surface area contributed by atoms with Crippen LogP contribution in [0.2, 0.25) is 10.0 Å². The van der Waals surface area contributed by atoms with Gasteiger partial charge in [-0.1, -0.05) is 36.2 Å². The van der Waals surface area contributed by atoms with E-state index in [4.69, 9.17) is 28.9 Å². The zero-order valence-corrected chi connectivity index (χ0v) is 17.1. The Morgan fingerprint density at radius 3 is 2.70 bits per heavy atom. The monoisotopic (exact) mass is 472 g/mol. The van der Waals surface area contributed by atoms with Gasteiger partial charge in [0.15, 0.2) is 5.96 Å². The Bertz CT molecular complexity index is 540. The van der Waals surface area contributed by atoms with Crippen LogP contribution in [0.25, 0.3) is 0 Å². The Morgan fingerprint density at radius 1 is 1.39 bits per heavy atom. The third-order valence-electron chi connectivity index (χ3n) is 2.99. The van der Waals surface area contributed by atoms with Crippen LogP contribution in [-0.2, 0) is 4.79 Å². The molecule has 5 nitrogen and oxygen atoms in total. The molecule has 0 fully saturated rings. The number of carbonyl (C=O) groups is 1. The molecular formula is C15H23Cl2IN4O. The van der Waals surface area contributed by atoms with Gasteiger partial charge in [-0.2, -0.15) is 0 Å². The minimum atomic E-state index is -0.109. The number of amides is 1. The third-order valence-corrected chi connectivity index (χ3v) is 3.55. The molecule has 1 aromatic rings. The number of nitrogens with two attached hydrogens (primary N) is 1. The number of hydrogen-bond acceptors (Lipinski definition) is 2. The van der Waals surface area contributed by atoms with E-state index < -0.39 is 0 Å². The summed E-state index contributed by atoms with van der Waals surface area (Å²) in [6.45, 7) is 4.95. The van der Waals surface area contributed by atoms with E-state index in [1.165, 1.54) is 0 Å². The Kier molecular flexibility index (Phi) is 11.4. The van der Waals surface area contributed by atoms with Crippen LogP contribution in [0, 0.1) is 0 Å². The van der Waals surface area contributed by atoms with Crippen LogP contribution in [0.3, 0.4) is 0 Å². The summed E-state index contributed by atoms with van der Waals surface area (Å²) < 4.78 is 0. The van der Waals surface area contributed by atoms with Gasteiger partial charge in [-0.25, -0.2) is 0 Å². The average molecular weight is 473 g/mol.